The number of carbonyl (C=O) groups excluding carboxylic acids is 2. The van der Waals surface area contributed by atoms with Crippen molar-refractivity contribution in [1.29, 1.82) is 0 Å². The summed E-state index contributed by atoms with van der Waals surface area (Å²) in [5, 5.41) is 0. The number of primary amides is 1. The van der Waals surface area contributed by atoms with Crippen LogP contribution >= 0.6 is 0 Å². The molecular formula is C13H16N2O5S. The van der Waals surface area contributed by atoms with Crippen LogP contribution in [0, 0.1) is 0 Å². The molecule has 0 bridgehead atoms. The molecule has 1 aromatic rings. The Balaban J connectivity index is 2.28. The van der Waals surface area contributed by atoms with Crippen molar-refractivity contribution < 1.29 is 22.7 Å². The highest BCUT2D eigenvalue weighted by Crippen LogP contribution is 2.34. The lowest BCUT2D eigenvalue weighted by Gasteiger charge is -2.21. The summed E-state index contributed by atoms with van der Waals surface area (Å²) in [6.07, 6.45) is 1.66. The van der Waals surface area contributed by atoms with E-state index in [0.29, 0.717) is 12.1 Å². The number of nitrogens with zero attached hydrogens (tertiary/aromatic N) is 1. The van der Waals surface area contributed by atoms with Crippen molar-refractivity contribution >= 4 is 27.6 Å². The number of rotatable bonds is 4. The van der Waals surface area contributed by atoms with Gasteiger partial charge >= 0.3 is 5.97 Å². The van der Waals surface area contributed by atoms with E-state index in [2.05, 4.69) is 0 Å². The van der Waals surface area contributed by atoms with Crippen molar-refractivity contribution in [2.75, 3.05) is 17.2 Å². The fraction of sp³-hybridized carbons (Fsp3) is 0.385. The number of nitrogens with two attached hydrogens (primary N) is 1. The van der Waals surface area contributed by atoms with Crippen LogP contribution in [0.1, 0.15) is 22.8 Å². The Hall–Kier alpha value is -2.09. The van der Waals surface area contributed by atoms with Crippen molar-refractivity contribution in [3.63, 3.8) is 0 Å². The lowest BCUT2D eigenvalue weighted by molar-refractivity contribution is -0.121. The van der Waals surface area contributed by atoms with Gasteiger partial charge in [0.15, 0.2) is 6.61 Å². The van der Waals surface area contributed by atoms with Crippen molar-refractivity contribution in [2.24, 2.45) is 5.73 Å². The Bertz CT molecular complexity index is 699. The van der Waals surface area contributed by atoms with Gasteiger partial charge in [-0.05, 0) is 37.1 Å². The van der Waals surface area contributed by atoms with Crippen LogP contribution in [0.15, 0.2) is 18.2 Å². The summed E-state index contributed by atoms with van der Waals surface area (Å²) < 4.78 is 29.6. The summed E-state index contributed by atoms with van der Waals surface area (Å²) in [4.78, 5) is 22.3. The molecule has 21 heavy (non-hydrogen) atoms. The number of anilines is 1. The molecule has 0 fully saturated rings. The largest absolute Gasteiger partial charge is 0.452 e. The molecule has 1 atom stereocenters. The van der Waals surface area contributed by atoms with Gasteiger partial charge in [0.1, 0.15) is 0 Å². The highest BCUT2D eigenvalue weighted by Gasteiger charge is 2.32. The first-order chi connectivity index (χ1) is 9.70. The zero-order valence-corrected chi connectivity index (χ0v) is 12.5. The summed E-state index contributed by atoms with van der Waals surface area (Å²) >= 11 is 0. The molecule has 8 heteroatoms. The van der Waals surface area contributed by atoms with Gasteiger partial charge in [0.25, 0.3) is 5.91 Å². The monoisotopic (exact) mass is 312 g/mol. The molecule has 0 spiro atoms. The van der Waals surface area contributed by atoms with Crippen molar-refractivity contribution in [3.8, 4) is 0 Å². The fourth-order valence-electron chi connectivity index (χ4n) is 2.46. The summed E-state index contributed by atoms with van der Waals surface area (Å²) in [5.41, 5.74) is 6.48. The highest BCUT2D eigenvalue weighted by molar-refractivity contribution is 7.92. The predicted molar refractivity (Wildman–Crippen MR) is 76.4 cm³/mol. The molecule has 0 aliphatic carbocycles. The number of ether oxygens (including phenoxy) is 1. The number of amides is 1. The number of hydrogen-bond donors (Lipinski definition) is 1. The lowest BCUT2D eigenvalue weighted by Crippen LogP contribution is -2.34. The van der Waals surface area contributed by atoms with Crippen LogP contribution < -0.4 is 10.0 Å². The molecule has 1 heterocycles. The van der Waals surface area contributed by atoms with Crippen molar-refractivity contribution in [3.05, 3.63) is 29.3 Å². The Kier molecular flexibility index (Phi) is 3.91. The first-order valence-corrected chi connectivity index (χ1v) is 8.12. The highest BCUT2D eigenvalue weighted by atomic mass is 32.2. The van der Waals surface area contributed by atoms with E-state index in [-0.39, 0.29) is 11.6 Å². The van der Waals surface area contributed by atoms with Gasteiger partial charge in [0.2, 0.25) is 10.0 Å². The molecule has 1 aliphatic heterocycles. The summed E-state index contributed by atoms with van der Waals surface area (Å²) in [6, 6.07) is 4.42. The van der Waals surface area contributed by atoms with Crippen molar-refractivity contribution in [1.82, 2.24) is 0 Å². The molecule has 114 valence electrons. The molecule has 2 N–H and O–H groups in total. The Labute approximate surface area is 122 Å². The SMILES string of the molecule is C[C@H]1Cc2cc(C(=O)OCC(N)=O)ccc2N1S(C)(=O)=O. The standard InChI is InChI=1S/C13H16N2O5S/c1-8-5-10-6-9(13(17)20-7-12(14)16)3-4-11(10)15(8)21(2,18)19/h3-4,6,8H,5,7H2,1-2H3,(H2,14,16)/t8-/m0/s1. The molecular weight excluding hydrogens is 296 g/mol. The maximum Gasteiger partial charge on any atom is 0.338 e. The minimum atomic E-state index is -3.36. The lowest BCUT2D eigenvalue weighted by atomic mass is 10.1. The van der Waals surface area contributed by atoms with E-state index < -0.39 is 28.5 Å². The molecule has 1 aromatic carbocycles. The van der Waals surface area contributed by atoms with Crippen LogP contribution in [-0.4, -0.2) is 39.2 Å². The molecule has 7 nitrogen and oxygen atoms in total. The van der Waals surface area contributed by atoms with Crippen LogP contribution in [0.5, 0.6) is 0 Å². The van der Waals surface area contributed by atoms with Gasteiger partial charge < -0.3 is 10.5 Å². The van der Waals surface area contributed by atoms with Gasteiger partial charge in [-0.2, -0.15) is 0 Å². The maximum absolute atomic E-state index is 11.8. The van der Waals surface area contributed by atoms with Crippen molar-refractivity contribution in [2.45, 2.75) is 19.4 Å². The van der Waals surface area contributed by atoms with Gasteiger partial charge in [0, 0.05) is 6.04 Å². The summed E-state index contributed by atoms with van der Waals surface area (Å²) in [5.74, 6) is -1.40. The van der Waals surface area contributed by atoms with Crippen LogP contribution in [0.4, 0.5) is 5.69 Å². The molecule has 1 amide bonds. The average Bonchev–Trinajstić information content (AvgIpc) is 2.70. The zero-order chi connectivity index (χ0) is 15.8. The van der Waals surface area contributed by atoms with E-state index in [4.69, 9.17) is 10.5 Å². The minimum absolute atomic E-state index is 0.202. The van der Waals surface area contributed by atoms with Gasteiger partial charge in [-0.1, -0.05) is 0 Å². The van der Waals surface area contributed by atoms with Gasteiger partial charge in [-0.25, -0.2) is 13.2 Å². The number of carbonyl (C=O) groups is 2. The molecule has 0 saturated carbocycles. The second kappa shape index (κ2) is 5.36. The van der Waals surface area contributed by atoms with E-state index in [0.717, 1.165) is 11.8 Å². The summed E-state index contributed by atoms with van der Waals surface area (Å²) in [7, 11) is -3.36. The van der Waals surface area contributed by atoms with Gasteiger partial charge in [-0.3, -0.25) is 9.10 Å². The van der Waals surface area contributed by atoms with E-state index >= 15 is 0 Å². The number of hydrogen-bond acceptors (Lipinski definition) is 5. The topological polar surface area (TPSA) is 107 Å². The van der Waals surface area contributed by atoms with E-state index in [1.54, 1.807) is 19.1 Å². The van der Waals surface area contributed by atoms with Crippen LogP contribution in [-0.2, 0) is 26.0 Å². The number of sulfonamides is 1. The Morgan fingerprint density at radius 2 is 2.10 bits per heavy atom. The molecule has 0 aromatic heterocycles. The molecule has 2 rings (SSSR count). The van der Waals surface area contributed by atoms with E-state index in [1.165, 1.54) is 10.4 Å². The van der Waals surface area contributed by atoms with Gasteiger partial charge in [0.05, 0.1) is 17.5 Å². The normalized spacial score (nSPS) is 17.4. The third-order valence-electron chi connectivity index (χ3n) is 3.17. The molecule has 0 radical (unpaired) electrons. The summed E-state index contributed by atoms with van der Waals surface area (Å²) in [6.45, 7) is 1.31. The number of fused-ring (bicyclic) bond motifs is 1. The molecule has 1 aliphatic rings. The predicted octanol–water partition coefficient (Wildman–Crippen LogP) is 0.0393. The Morgan fingerprint density at radius 1 is 1.43 bits per heavy atom. The first kappa shape index (κ1) is 15.3. The van der Waals surface area contributed by atoms with Crippen LogP contribution in [0.3, 0.4) is 0 Å². The number of esters is 1. The average molecular weight is 312 g/mol. The maximum atomic E-state index is 11.8. The molecule has 0 saturated heterocycles. The van der Waals surface area contributed by atoms with E-state index in [1.807, 2.05) is 0 Å². The zero-order valence-electron chi connectivity index (χ0n) is 11.7. The van der Waals surface area contributed by atoms with Crippen LogP contribution in [0.2, 0.25) is 0 Å². The number of benzene rings is 1. The molecule has 0 unspecified atom stereocenters. The second-order valence-corrected chi connectivity index (χ2v) is 6.86. The van der Waals surface area contributed by atoms with Gasteiger partial charge in [-0.15, -0.1) is 0 Å². The second-order valence-electron chi connectivity index (χ2n) is 5.00. The third kappa shape index (κ3) is 3.15. The smallest absolute Gasteiger partial charge is 0.338 e. The minimum Gasteiger partial charge on any atom is -0.452 e. The van der Waals surface area contributed by atoms with E-state index in [9.17, 15) is 18.0 Å². The fourth-order valence-corrected chi connectivity index (χ4v) is 3.72. The quantitative estimate of drug-likeness (QED) is 0.790. The Morgan fingerprint density at radius 3 is 2.67 bits per heavy atom. The third-order valence-corrected chi connectivity index (χ3v) is 4.44. The van der Waals surface area contributed by atoms with Crippen LogP contribution in [0.25, 0.3) is 0 Å². The first-order valence-electron chi connectivity index (χ1n) is 6.28.